The summed E-state index contributed by atoms with van der Waals surface area (Å²) in [5.74, 6) is -0.800. The fourth-order valence-electron chi connectivity index (χ4n) is 3.59. The molecule has 0 spiro atoms. The SMILES string of the molecule is CC[C@H](C)NC(=O)[C@H](CC)N(Cc1ccc(Cl)c(Cl)c1)C(=O)CN(c1cccc(C)c1)S(C)(=O)=O. The lowest BCUT2D eigenvalue weighted by Gasteiger charge is -2.33. The summed E-state index contributed by atoms with van der Waals surface area (Å²) in [4.78, 5) is 28.2. The third-order valence-corrected chi connectivity index (χ3v) is 7.57. The summed E-state index contributed by atoms with van der Waals surface area (Å²) in [5, 5.41) is 3.63. The smallest absolute Gasteiger partial charge is 0.244 e. The van der Waals surface area contributed by atoms with Crippen molar-refractivity contribution in [2.24, 2.45) is 0 Å². The molecule has 7 nitrogen and oxygen atoms in total. The molecule has 0 fully saturated rings. The Balaban J connectivity index is 2.46. The van der Waals surface area contributed by atoms with Crippen molar-refractivity contribution >= 4 is 50.7 Å². The van der Waals surface area contributed by atoms with E-state index >= 15 is 0 Å². The summed E-state index contributed by atoms with van der Waals surface area (Å²) in [7, 11) is -3.78. The van der Waals surface area contributed by atoms with Crippen molar-refractivity contribution in [3.05, 3.63) is 63.6 Å². The molecule has 2 atom stereocenters. The van der Waals surface area contributed by atoms with Gasteiger partial charge in [0.2, 0.25) is 21.8 Å². The molecule has 10 heteroatoms. The number of carbonyl (C=O) groups excluding carboxylic acids is 2. The zero-order chi connectivity index (χ0) is 26.3. The van der Waals surface area contributed by atoms with Crippen LogP contribution in [0.25, 0.3) is 0 Å². The van der Waals surface area contributed by atoms with E-state index < -0.39 is 28.5 Å². The van der Waals surface area contributed by atoms with Crippen molar-refractivity contribution in [1.29, 1.82) is 0 Å². The van der Waals surface area contributed by atoms with Gasteiger partial charge in [0.15, 0.2) is 0 Å². The van der Waals surface area contributed by atoms with E-state index in [0.29, 0.717) is 27.7 Å². The first kappa shape index (κ1) is 28.9. The number of sulfonamides is 1. The Bertz CT molecular complexity index is 1160. The molecule has 0 saturated heterocycles. The molecule has 2 aromatic carbocycles. The Morgan fingerprint density at radius 3 is 2.26 bits per heavy atom. The van der Waals surface area contributed by atoms with Crippen LogP contribution in [-0.2, 0) is 26.2 Å². The summed E-state index contributed by atoms with van der Waals surface area (Å²) < 4.78 is 26.3. The van der Waals surface area contributed by atoms with E-state index in [-0.39, 0.29) is 18.5 Å². The number of nitrogens with zero attached hydrogens (tertiary/aromatic N) is 2. The highest BCUT2D eigenvalue weighted by molar-refractivity contribution is 7.92. The number of rotatable bonds is 11. The second kappa shape index (κ2) is 12.6. The number of anilines is 1. The van der Waals surface area contributed by atoms with E-state index in [1.54, 1.807) is 36.4 Å². The Kier molecular flexibility index (Phi) is 10.4. The molecule has 192 valence electrons. The van der Waals surface area contributed by atoms with Crippen molar-refractivity contribution in [3.63, 3.8) is 0 Å². The lowest BCUT2D eigenvalue weighted by Crippen LogP contribution is -2.53. The first-order valence-corrected chi connectivity index (χ1v) is 14.1. The molecular weight excluding hydrogens is 509 g/mol. The number of nitrogens with one attached hydrogen (secondary N) is 1. The van der Waals surface area contributed by atoms with Crippen LogP contribution in [-0.4, -0.2) is 50.0 Å². The second-order valence-corrected chi connectivity index (χ2v) is 11.3. The third-order valence-electron chi connectivity index (χ3n) is 5.69. The van der Waals surface area contributed by atoms with E-state index in [4.69, 9.17) is 23.2 Å². The van der Waals surface area contributed by atoms with Gasteiger partial charge in [0, 0.05) is 12.6 Å². The number of halogens is 2. The second-order valence-electron chi connectivity index (χ2n) is 8.62. The summed E-state index contributed by atoms with van der Waals surface area (Å²) in [6.07, 6.45) is 2.13. The summed E-state index contributed by atoms with van der Waals surface area (Å²) >= 11 is 12.2. The lowest BCUT2D eigenvalue weighted by atomic mass is 10.1. The quantitative estimate of drug-likeness (QED) is 0.443. The standard InChI is InChI=1S/C25H33Cl2N3O4S/c1-6-18(4)28-25(32)23(7-2)29(15-19-11-12-21(26)22(27)14-19)24(31)16-30(35(5,33)34)20-10-8-9-17(3)13-20/h8-14,18,23H,6-7,15-16H2,1-5H3,(H,28,32)/t18-,23-/m0/s1. The van der Waals surface area contributed by atoms with Gasteiger partial charge in [0.25, 0.3) is 0 Å². The van der Waals surface area contributed by atoms with Gasteiger partial charge in [-0.05, 0) is 62.1 Å². The zero-order valence-electron chi connectivity index (χ0n) is 20.7. The maximum absolute atomic E-state index is 13.7. The lowest BCUT2D eigenvalue weighted by molar-refractivity contribution is -0.140. The molecule has 0 aliphatic carbocycles. The average molecular weight is 543 g/mol. The highest BCUT2D eigenvalue weighted by Gasteiger charge is 2.32. The van der Waals surface area contributed by atoms with Crippen LogP contribution in [0.3, 0.4) is 0 Å². The van der Waals surface area contributed by atoms with Gasteiger partial charge in [-0.2, -0.15) is 0 Å². The minimum atomic E-state index is -3.78. The first-order chi connectivity index (χ1) is 16.4. The van der Waals surface area contributed by atoms with Gasteiger partial charge in [-0.3, -0.25) is 13.9 Å². The number of aryl methyl sites for hydroxylation is 1. The van der Waals surface area contributed by atoms with Crippen molar-refractivity contribution in [2.75, 3.05) is 17.1 Å². The Morgan fingerprint density at radius 1 is 1.03 bits per heavy atom. The van der Waals surface area contributed by atoms with Crippen LogP contribution in [0, 0.1) is 6.92 Å². The highest BCUT2D eigenvalue weighted by Crippen LogP contribution is 2.25. The van der Waals surface area contributed by atoms with Gasteiger partial charge >= 0.3 is 0 Å². The molecule has 35 heavy (non-hydrogen) atoms. The largest absolute Gasteiger partial charge is 0.352 e. The van der Waals surface area contributed by atoms with E-state index in [1.165, 1.54) is 4.90 Å². The summed E-state index contributed by atoms with van der Waals surface area (Å²) in [5.41, 5.74) is 1.91. The van der Waals surface area contributed by atoms with Crippen molar-refractivity contribution in [1.82, 2.24) is 10.2 Å². The van der Waals surface area contributed by atoms with E-state index in [2.05, 4.69) is 5.32 Å². The van der Waals surface area contributed by atoms with Crippen LogP contribution in [0.2, 0.25) is 10.0 Å². The van der Waals surface area contributed by atoms with Crippen molar-refractivity contribution < 1.29 is 18.0 Å². The van der Waals surface area contributed by atoms with Crippen LogP contribution < -0.4 is 9.62 Å². The number of amides is 2. The molecule has 0 saturated carbocycles. The van der Waals surface area contributed by atoms with E-state index in [1.807, 2.05) is 33.8 Å². The average Bonchev–Trinajstić information content (AvgIpc) is 2.78. The molecule has 2 aromatic rings. The predicted octanol–water partition coefficient (Wildman–Crippen LogP) is 4.79. The van der Waals surface area contributed by atoms with E-state index in [9.17, 15) is 18.0 Å². The molecular formula is C25H33Cl2N3O4S. The zero-order valence-corrected chi connectivity index (χ0v) is 23.0. The van der Waals surface area contributed by atoms with Crippen molar-refractivity contribution in [3.8, 4) is 0 Å². The van der Waals surface area contributed by atoms with Crippen LogP contribution in [0.5, 0.6) is 0 Å². The number of hydrogen-bond donors (Lipinski definition) is 1. The number of hydrogen-bond acceptors (Lipinski definition) is 4. The van der Waals surface area contributed by atoms with Gasteiger partial charge in [0.1, 0.15) is 12.6 Å². The maximum Gasteiger partial charge on any atom is 0.244 e. The highest BCUT2D eigenvalue weighted by atomic mass is 35.5. The Morgan fingerprint density at radius 2 is 1.71 bits per heavy atom. The Hall–Kier alpha value is -2.29. The Labute approximate surface area is 218 Å². The van der Waals surface area contributed by atoms with Crippen LogP contribution >= 0.6 is 23.2 Å². The van der Waals surface area contributed by atoms with Crippen LogP contribution in [0.1, 0.15) is 44.7 Å². The third kappa shape index (κ3) is 8.12. The first-order valence-electron chi connectivity index (χ1n) is 11.5. The van der Waals surface area contributed by atoms with Gasteiger partial charge in [0.05, 0.1) is 22.0 Å². The molecule has 2 amide bonds. The number of benzene rings is 2. The monoisotopic (exact) mass is 541 g/mol. The molecule has 0 aromatic heterocycles. The van der Waals surface area contributed by atoms with Gasteiger partial charge in [-0.15, -0.1) is 0 Å². The van der Waals surface area contributed by atoms with Gasteiger partial charge < -0.3 is 10.2 Å². The molecule has 0 aliphatic heterocycles. The van der Waals surface area contributed by atoms with Gasteiger partial charge in [-0.25, -0.2) is 8.42 Å². The van der Waals surface area contributed by atoms with Crippen LogP contribution in [0.4, 0.5) is 5.69 Å². The molecule has 2 rings (SSSR count). The molecule has 0 aliphatic rings. The van der Waals surface area contributed by atoms with Crippen LogP contribution in [0.15, 0.2) is 42.5 Å². The minimum Gasteiger partial charge on any atom is -0.352 e. The molecule has 1 N–H and O–H groups in total. The minimum absolute atomic E-state index is 0.0631. The summed E-state index contributed by atoms with van der Waals surface area (Å²) in [6, 6.07) is 11.0. The summed E-state index contributed by atoms with van der Waals surface area (Å²) in [6.45, 7) is 7.11. The molecule has 0 bridgehead atoms. The number of carbonyl (C=O) groups is 2. The fourth-order valence-corrected chi connectivity index (χ4v) is 4.75. The van der Waals surface area contributed by atoms with Crippen molar-refractivity contribution in [2.45, 2.75) is 59.2 Å². The molecule has 0 radical (unpaired) electrons. The molecule has 0 unspecified atom stereocenters. The van der Waals surface area contributed by atoms with Gasteiger partial charge in [-0.1, -0.05) is 55.2 Å². The molecule has 0 heterocycles. The predicted molar refractivity (Wildman–Crippen MR) is 142 cm³/mol. The normalized spacial score (nSPS) is 13.1. The van der Waals surface area contributed by atoms with E-state index in [0.717, 1.165) is 22.5 Å². The maximum atomic E-state index is 13.7. The topological polar surface area (TPSA) is 86.8 Å². The fraction of sp³-hybridized carbons (Fsp3) is 0.440.